The molecule has 32 heavy (non-hydrogen) atoms. The fourth-order valence-corrected chi connectivity index (χ4v) is 3.21. The first-order valence-corrected chi connectivity index (χ1v) is 10.7. The topological polar surface area (TPSA) is 44.8 Å². The number of esters is 1. The monoisotopic (exact) mass is 428 g/mol. The van der Waals surface area contributed by atoms with Crippen molar-refractivity contribution >= 4 is 5.97 Å². The van der Waals surface area contributed by atoms with Gasteiger partial charge in [-0.05, 0) is 41.3 Å². The highest BCUT2D eigenvalue weighted by Crippen LogP contribution is 2.21. The summed E-state index contributed by atoms with van der Waals surface area (Å²) in [5.41, 5.74) is 4.47. The number of carbonyl (C=O) groups is 1. The summed E-state index contributed by atoms with van der Waals surface area (Å²) in [7, 11) is 1.52. The van der Waals surface area contributed by atoms with Crippen LogP contribution in [0.5, 0.6) is 5.75 Å². The van der Waals surface area contributed by atoms with Crippen molar-refractivity contribution in [1.82, 2.24) is 0 Å². The number of hydrogen-bond acceptors (Lipinski definition) is 4. The van der Waals surface area contributed by atoms with E-state index >= 15 is 0 Å². The zero-order valence-corrected chi connectivity index (χ0v) is 18.5. The second-order valence-electron chi connectivity index (χ2n) is 7.21. The fraction of sp³-hybridized carbons (Fsp3) is 0.250. The first kappa shape index (κ1) is 23.1. The SMILES string of the molecule is CCOC(=O)[C@H](Cc1ccc(CC#CCOc2ccc(-c3ccccc3)cc2)cc1)OC. The molecule has 0 aromatic heterocycles. The average molecular weight is 429 g/mol. The van der Waals surface area contributed by atoms with Crippen LogP contribution in [-0.4, -0.2) is 32.4 Å². The lowest BCUT2D eigenvalue weighted by atomic mass is 10.0. The normalized spacial score (nSPS) is 11.2. The minimum atomic E-state index is -0.584. The highest BCUT2D eigenvalue weighted by molar-refractivity contribution is 5.75. The van der Waals surface area contributed by atoms with Crippen LogP contribution < -0.4 is 4.74 Å². The molecule has 0 spiro atoms. The van der Waals surface area contributed by atoms with Gasteiger partial charge in [-0.2, -0.15) is 0 Å². The summed E-state index contributed by atoms with van der Waals surface area (Å²) >= 11 is 0. The van der Waals surface area contributed by atoms with E-state index in [1.807, 2.05) is 54.6 Å². The molecule has 0 fully saturated rings. The van der Waals surface area contributed by atoms with Gasteiger partial charge in [0.05, 0.1) is 6.61 Å². The molecule has 164 valence electrons. The third kappa shape index (κ3) is 7.01. The molecule has 0 saturated carbocycles. The van der Waals surface area contributed by atoms with Crippen LogP contribution in [0.2, 0.25) is 0 Å². The van der Waals surface area contributed by atoms with Gasteiger partial charge in [-0.3, -0.25) is 0 Å². The quantitative estimate of drug-likeness (QED) is 0.351. The molecular formula is C28H28O4. The number of ether oxygens (including phenoxy) is 3. The summed E-state index contributed by atoms with van der Waals surface area (Å²) in [5.74, 6) is 6.67. The standard InChI is InChI=1S/C28H28O4/c1-3-31-28(29)27(30-2)21-23-14-12-22(13-15-23)9-7-8-20-32-26-18-16-25(17-19-26)24-10-5-4-6-11-24/h4-6,10-19,27H,3,9,20-21H2,1-2H3/t27-/m0/s1. The maximum atomic E-state index is 11.9. The minimum Gasteiger partial charge on any atom is -0.481 e. The van der Waals surface area contributed by atoms with E-state index in [2.05, 4.69) is 36.1 Å². The highest BCUT2D eigenvalue weighted by Gasteiger charge is 2.19. The van der Waals surface area contributed by atoms with Gasteiger partial charge in [-0.25, -0.2) is 4.79 Å². The Labute approximate surface area is 190 Å². The molecule has 4 nitrogen and oxygen atoms in total. The van der Waals surface area contributed by atoms with Crippen LogP contribution in [0.4, 0.5) is 0 Å². The van der Waals surface area contributed by atoms with Gasteiger partial charge in [0, 0.05) is 20.0 Å². The van der Waals surface area contributed by atoms with E-state index in [-0.39, 0.29) is 5.97 Å². The summed E-state index contributed by atoms with van der Waals surface area (Å²) in [6.07, 6.45) is 0.542. The maximum Gasteiger partial charge on any atom is 0.335 e. The van der Waals surface area contributed by atoms with Crippen molar-refractivity contribution in [3.8, 4) is 28.7 Å². The second kappa shape index (κ2) is 12.3. The molecular weight excluding hydrogens is 400 g/mol. The Bertz CT molecular complexity index is 1030. The van der Waals surface area contributed by atoms with E-state index in [0.29, 0.717) is 26.1 Å². The average Bonchev–Trinajstić information content (AvgIpc) is 2.84. The Morgan fingerprint density at radius 3 is 2.16 bits per heavy atom. The Morgan fingerprint density at radius 1 is 0.844 bits per heavy atom. The van der Waals surface area contributed by atoms with Crippen LogP contribution >= 0.6 is 0 Å². The molecule has 1 atom stereocenters. The number of hydrogen-bond donors (Lipinski definition) is 0. The van der Waals surface area contributed by atoms with E-state index in [1.165, 1.54) is 12.7 Å². The highest BCUT2D eigenvalue weighted by atomic mass is 16.6. The molecule has 3 rings (SSSR count). The molecule has 0 bridgehead atoms. The van der Waals surface area contributed by atoms with Gasteiger partial charge in [-0.15, -0.1) is 0 Å². The van der Waals surface area contributed by atoms with Crippen molar-refractivity contribution in [2.45, 2.75) is 25.9 Å². The van der Waals surface area contributed by atoms with Crippen LogP contribution in [0.3, 0.4) is 0 Å². The van der Waals surface area contributed by atoms with Gasteiger partial charge in [-0.1, -0.05) is 78.6 Å². The van der Waals surface area contributed by atoms with Crippen molar-refractivity contribution in [3.05, 3.63) is 90.0 Å². The summed E-state index contributed by atoms with van der Waals surface area (Å²) in [4.78, 5) is 11.9. The molecule has 0 heterocycles. The fourth-order valence-electron chi connectivity index (χ4n) is 3.21. The Morgan fingerprint density at radius 2 is 1.50 bits per heavy atom. The van der Waals surface area contributed by atoms with Gasteiger partial charge in [0.25, 0.3) is 0 Å². The first-order valence-electron chi connectivity index (χ1n) is 10.7. The van der Waals surface area contributed by atoms with Crippen LogP contribution in [0.1, 0.15) is 18.1 Å². The molecule has 0 N–H and O–H groups in total. The summed E-state index contributed by atoms with van der Waals surface area (Å²) in [6, 6.07) is 26.3. The molecule has 0 aliphatic carbocycles. The Kier molecular flexibility index (Phi) is 8.92. The van der Waals surface area contributed by atoms with Crippen molar-refractivity contribution < 1.29 is 19.0 Å². The smallest absolute Gasteiger partial charge is 0.335 e. The predicted molar refractivity (Wildman–Crippen MR) is 126 cm³/mol. The van der Waals surface area contributed by atoms with E-state index in [4.69, 9.17) is 14.2 Å². The van der Waals surface area contributed by atoms with Crippen LogP contribution in [0.15, 0.2) is 78.9 Å². The lowest BCUT2D eigenvalue weighted by Gasteiger charge is -2.14. The number of methoxy groups -OCH3 is 1. The van der Waals surface area contributed by atoms with Gasteiger partial charge in [0.1, 0.15) is 12.4 Å². The van der Waals surface area contributed by atoms with E-state index in [0.717, 1.165) is 22.4 Å². The maximum absolute atomic E-state index is 11.9. The van der Waals surface area contributed by atoms with Gasteiger partial charge < -0.3 is 14.2 Å². The van der Waals surface area contributed by atoms with Gasteiger partial charge in [0.15, 0.2) is 6.10 Å². The van der Waals surface area contributed by atoms with E-state index in [9.17, 15) is 4.79 Å². The zero-order chi connectivity index (χ0) is 22.6. The Hall–Kier alpha value is -3.55. The van der Waals surface area contributed by atoms with Crippen LogP contribution in [0, 0.1) is 11.8 Å². The number of rotatable bonds is 9. The van der Waals surface area contributed by atoms with Crippen LogP contribution in [-0.2, 0) is 27.1 Å². The number of carbonyl (C=O) groups excluding carboxylic acids is 1. The first-order chi connectivity index (χ1) is 15.7. The van der Waals surface area contributed by atoms with E-state index < -0.39 is 6.10 Å². The molecule has 0 saturated heterocycles. The minimum absolute atomic E-state index is 0.334. The van der Waals surface area contributed by atoms with Crippen molar-refractivity contribution in [2.75, 3.05) is 20.3 Å². The molecule has 0 amide bonds. The summed E-state index contributed by atoms with van der Waals surface area (Å²) in [5, 5.41) is 0. The van der Waals surface area contributed by atoms with Crippen molar-refractivity contribution in [2.24, 2.45) is 0 Å². The predicted octanol–water partition coefficient (Wildman–Crippen LogP) is 5.10. The molecule has 0 unspecified atom stereocenters. The second-order valence-corrected chi connectivity index (χ2v) is 7.21. The molecule has 4 heteroatoms. The zero-order valence-electron chi connectivity index (χ0n) is 18.5. The Balaban J connectivity index is 1.44. The number of benzene rings is 3. The lowest BCUT2D eigenvalue weighted by Crippen LogP contribution is -2.27. The van der Waals surface area contributed by atoms with E-state index in [1.54, 1.807) is 6.92 Å². The van der Waals surface area contributed by atoms with Crippen molar-refractivity contribution in [1.29, 1.82) is 0 Å². The summed E-state index contributed by atoms with van der Waals surface area (Å²) in [6.45, 7) is 2.48. The third-order valence-corrected chi connectivity index (χ3v) is 4.97. The molecule has 0 aliphatic rings. The molecule has 0 aliphatic heterocycles. The van der Waals surface area contributed by atoms with Gasteiger partial charge >= 0.3 is 5.97 Å². The summed E-state index contributed by atoms with van der Waals surface area (Å²) < 4.78 is 16.0. The largest absolute Gasteiger partial charge is 0.481 e. The lowest BCUT2D eigenvalue weighted by molar-refractivity contribution is -0.154. The van der Waals surface area contributed by atoms with Gasteiger partial charge in [0.2, 0.25) is 0 Å². The molecule has 3 aromatic rings. The third-order valence-electron chi connectivity index (χ3n) is 4.97. The van der Waals surface area contributed by atoms with Crippen molar-refractivity contribution in [3.63, 3.8) is 0 Å². The molecule has 3 aromatic carbocycles. The molecule has 0 radical (unpaired) electrons. The van der Waals surface area contributed by atoms with Crippen LogP contribution in [0.25, 0.3) is 11.1 Å².